The van der Waals surface area contributed by atoms with Crippen LogP contribution in [0.15, 0.2) is 12.2 Å². The van der Waals surface area contributed by atoms with Gasteiger partial charge in [-0.2, -0.15) is 0 Å². The van der Waals surface area contributed by atoms with Gasteiger partial charge in [0.05, 0.1) is 0 Å². The normalized spacial score (nSPS) is 11.7. The van der Waals surface area contributed by atoms with Crippen LogP contribution in [0.2, 0.25) is 0 Å². The van der Waals surface area contributed by atoms with Gasteiger partial charge in [0.1, 0.15) is 0 Å². The highest BCUT2D eigenvalue weighted by atomic mass is 16.2. The second-order valence-corrected chi connectivity index (χ2v) is 4.84. The minimum atomic E-state index is 0.136. The summed E-state index contributed by atoms with van der Waals surface area (Å²) in [4.78, 5) is 15.8. The summed E-state index contributed by atoms with van der Waals surface area (Å²) in [6.07, 6.45) is 4.63. The first-order valence-corrected chi connectivity index (χ1v) is 6.07. The number of carbonyl (C=O) groups is 1. The van der Waals surface area contributed by atoms with Crippen LogP contribution in [0.25, 0.3) is 0 Å². The van der Waals surface area contributed by atoms with Gasteiger partial charge in [0.2, 0.25) is 5.91 Å². The molecule has 0 saturated heterocycles. The molecule has 1 amide bonds. The van der Waals surface area contributed by atoms with Crippen LogP contribution in [-0.4, -0.2) is 49.4 Å². The maximum absolute atomic E-state index is 11.9. The Morgan fingerprint density at radius 1 is 1.31 bits per heavy atom. The molecule has 0 bridgehead atoms. The molecule has 0 radical (unpaired) electrons. The Morgan fingerprint density at radius 2 is 1.94 bits per heavy atom. The Kier molecular flexibility index (Phi) is 7.90. The zero-order chi connectivity index (χ0) is 12.6. The molecule has 0 spiro atoms. The van der Waals surface area contributed by atoms with Crippen LogP contribution >= 0.6 is 0 Å². The molecule has 0 fully saturated rings. The predicted molar refractivity (Wildman–Crippen MR) is 69.4 cm³/mol. The van der Waals surface area contributed by atoms with Gasteiger partial charge in [0.25, 0.3) is 0 Å². The Labute approximate surface area is 100 Å². The minimum Gasteiger partial charge on any atom is -0.339 e. The van der Waals surface area contributed by atoms with Gasteiger partial charge in [-0.3, -0.25) is 4.79 Å². The van der Waals surface area contributed by atoms with Crippen LogP contribution in [0, 0.1) is 5.92 Å². The average Bonchev–Trinajstić information content (AvgIpc) is 2.15. The van der Waals surface area contributed by atoms with Crippen molar-refractivity contribution in [1.29, 1.82) is 0 Å². The highest BCUT2D eigenvalue weighted by Crippen LogP contribution is 2.01. The van der Waals surface area contributed by atoms with Gasteiger partial charge in [0.15, 0.2) is 0 Å². The number of amides is 1. The van der Waals surface area contributed by atoms with Crippen LogP contribution in [-0.2, 0) is 4.79 Å². The van der Waals surface area contributed by atoms with Crippen molar-refractivity contribution in [3.63, 3.8) is 0 Å². The minimum absolute atomic E-state index is 0.136. The summed E-state index contributed by atoms with van der Waals surface area (Å²) in [7, 11) is 3.99. The van der Waals surface area contributed by atoms with Crippen LogP contribution in [0.1, 0.15) is 27.2 Å². The molecule has 94 valence electrons. The van der Waals surface area contributed by atoms with Crippen molar-refractivity contribution >= 4 is 5.91 Å². The highest BCUT2D eigenvalue weighted by Gasteiger charge is 2.10. The molecule has 0 aliphatic carbocycles. The second kappa shape index (κ2) is 8.34. The molecule has 0 unspecified atom stereocenters. The van der Waals surface area contributed by atoms with E-state index >= 15 is 0 Å². The third-order valence-electron chi connectivity index (χ3n) is 2.12. The van der Waals surface area contributed by atoms with E-state index in [4.69, 9.17) is 0 Å². The lowest BCUT2D eigenvalue weighted by atomic mass is 10.2. The van der Waals surface area contributed by atoms with Crippen LogP contribution < -0.4 is 0 Å². The van der Waals surface area contributed by atoms with E-state index in [1.165, 1.54) is 0 Å². The first kappa shape index (κ1) is 15.2. The molecule has 0 N–H and O–H groups in total. The van der Waals surface area contributed by atoms with Gasteiger partial charge in [-0.1, -0.05) is 26.8 Å². The lowest BCUT2D eigenvalue weighted by molar-refractivity contribution is -0.126. The molecular weight excluding hydrogens is 200 g/mol. The zero-order valence-corrected chi connectivity index (χ0v) is 11.4. The highest BCUT2D eigenvalue weighted by molar-refractivity contribution is 5.87. The summed E-state index contributed by atoms with van der Waals surface area (Å²) in [5.74, 6) is 0.662. The second-order valence-electron chi connectivity index (χ2n) is 4.84. The van der Waals surface area contributed by atoms with Crippen molar-refractivity contribution in [1.82, 2.24) is 9.80 Å². The number of carbonyl (C=O) groups excluding carboxylic acids is 1. The Hall–Kier alpha value is -0.830. The SMILES string of the molecule is CCCN(CC(C)C)C(=O)C=CCN(C)C. The molecule has 0 aliphatic rings. The molecule has 0 rings (SSSR count). The number of likely N-dealkylation sites (N-methyl/N-ethyl adjacent to an activating group) is 1. The molecule has 0 heterocycles. The van der Waals surface area contributed by atoms with E-state index < -0.39 is 0 Å². The fraction of sp³-hybridized carbons (Fsp3) is 0.769. The number of hydrogen-bond donors (Lipinski definition) is 0. The van der Waals surface area contributed by atoms with Crippen LogP contribution in [0.5, 0.6) is 0 Å². The summed E-state index contributed by atoms with van der Waals surface area (Å²) in [6.45, 7) is 8.89. The van der Waals surface area contributed by atoms with Crippen molar-refractivity contribution in [3.05, 3.63) is 12.2 Å². The first-order valence-electron chi connectivity index (χ1n) is 6.07. The van der Waals surface area contributed by atoms with Crippen molar-refractivity contribution in [2.24, 2.45) is 5.92 Å². The van der Waals surface area contributed by atoms with Gasteiger partial charge >= 0.3 is 0 Å². The molecular formula is C13H26N2O. The van der Waals surface area contributed by atoms with Crippen LogP contribution in [0.4, 0.5) is 0 Å². The first-order chi connectivity index (χ1) is 7.47. The van der Waals surface area contributed by atoms with Crippen molar-refractivity contribution in [3.8, 4) is 0 Å². The third-order valence-corrected chi connectivity index (χ3v) is 2.12. The standard InChI is InChI=1S/C13H26N2O/c1-6-9-15(11-12(2)3)13(16)8-7-10-14(4)5/h7-8,12H,6,9-11H2,1-5H3. The molecule has 3 nitrogen and oxygen atoms in total. The molecule has 0 atom stereocenters. The van der Waals surface area contributed by atoms with Crippen molar-refractivity contribution < 1.29 is 4.79 Å². The van der Waals surface area contributed by atoms with E-state index in [-0.39, 0.29) is 5.91 Å². The molecule has 0 aromatic carbocycles. The fourth-order valence-corrected chi connectivity index (χ4v) is 1.47. The van der Waals surface area contributed by atoms with Gasteiger partial charge in [-0.25, -0.2) is 0 Å². The average molecular weight is 226 g/mol. The lowest BCUT2D eigenvalue weighted by Gasteiger charge is -2.22. The van der Waals surface area contributed by atoms with E-state index in [0.717, 1.165) is 26.1 Å². The monoisotopic (exact) mass is 226 g/mol. The van der Waals surface area contributed by atoms with Crippen molar-refractivity contribution in [2.45, 2.75) is 27.2 Å². The summed E-state index contributed by atoms with van der Waals surface area (Å²) >= 11 is 0. The van der Waals surface area contributed by atoms with E-state index in [1.54, 1.807) is 6.08 Å². The summed E-state index contributed by atoms with van der Waals surface area (Å²) < 4.78 is 0. The largest absolute Gasteiger partial charge is 0.339 e. The smallest absolute Gasteiger partial charge is 0.246 e. The van der Waals surface area contributed by atoms with E-state index in [0.29, 0.717) is 5.92 Å². The lowest BCUT2D eigenvalue weighted by Crippen LogP contribution is -2.33. The van der Waals surface area contributed by atoms with Gasteiger partial charge in [-0.15, -0.1) is 0 Å². The molecule has 16 heavy (non-hydrogen) atoms. The number of hydrogen-bond acceptors (Lipinski definition) is 2. The van der Waals surface area contributed by atoms with E-state index in [1.807, 2.05) is 30.0 Å². The topological polar surface area (TPSA) is 23.6 Å². The molecule has 0 aromatic rings. The third kappa shape index (κ3) is 7.46. The molecule has 0 saturated carbocycles. The molecule has 0 aromatic heterocycles. The zero-order valence-electron chi connectivity index (χ0n) is 11.4. The predicted octanol–water partition coefficient (Wildman–Crippen LogP) is 2.00. The maximum atomic E-state index is 11.9. The Balaban J connectivity index is 4.20. The maximum Gasteiger partial charge on any atom is 0.246 e. The molecule has 3 heteroatoms. The fourth-order valence-electron chi connectivity index (χ4n) is 1.47. The van der Waals surface area contributed by atoms with E-state index in [2.05, 4.69) is 20.8 Å². The quantitative estimate of drug-likeness (QED) is 0.620. The Morgan fingerprint density at radius 3 is 2.38 bits per heavy atom. The summed E-state index contributed by atoms with van der Waals surface area (Å²) in [6, 6.07) is 0. The van der Waals surface area contributed by atoms with Gasteiger partial charge in [0, 0.05) is 25.7 Å². The Bertz CT molecular complexity index is 222. The van der Waals surface area contributed by atoms with Gasteiger partial charge in [-0.05, 0) is 26.4 Å². The molecule has 0 aliphatic heterocycles. The number of rotatable bonds is 7. The summed E-state index contributed by atoms with van der Waals surface area (Å²) in [5.41, 5.74) is 0. The van der Waals surface area contributed by atoms with E-state index in [9.17, 15) is 4.79 Å². The summed E-state index contributed by atoms with van der Waals surface area (Å²) in [5, 5.41) is 0. The van der Waals surface area contributed by atoms with Gasteiger partial charge < -0.3 is 9.80 Å². The van der Waals surface area contributed by atoms with Crippen LogP contribution in [0.3, 0.4) is 0 Å². The number of nitrogens with zero attached hydrogens (tertiary/aromatic N) is 2. The van der Waals surface area contributed by atoms with Crippen molar-refractivity contribution in [2.75, 3.05) is 33.7 Å².